The van der Waals surface area contributed by atoms with Gasteiger partial charge in [0.15, 0.2) is 0 Å². The minimum atomic E-state index is 0.201. The lowest BCUT2D eigenvalue weighted by atomic mass is 10.3. The fourth-order valence-electron chi connectivity index (χ4n) is 0.138. The van der Waals surface area contributed by atoms with E-state index in [0.29, 0.717) is 0 Å². The molecule has 0 aliphatic carbocycles. The van der Waals surface area contributed by atoms with Gasteiger partial charge in [0.05, 0.1) is 11.4 Å². The van der Waals surface area contributed by atoms with Crippen molar-refractivity contribution in [2.45, 2.75) is 13.8 Å². The first-order valence-electron chi connectivity index (χ1n) is 2.08. The van der Waals surface area contributed by atoms with Gasteiger partial charge in [0.25, 0.3) is 0 Å². The van der Waals surface area contributed by atoms with Gasteiger partial charge in [0.1, 0.15) is 0 Å². The molecule has 0 fully saturated rings. The predicted molar refractivity (Wildman–Crippen MR) is 31.4 cm³/mol. The van der Waals surface area contributed by atoms with Crippen LogP contribution in [0.4, 0.5) is 0 Å². The largest absolute Gasteiger partial charge is 0.792 e. The SMILES string of the molecule is CC(=N\[O-])/C(C)=N/O. The molecular formula is C4H7N2O2-. The smallest absolute Gasteiger partial charge is 0.0967 e. The zero-order valence-electron chi connectivity index (χ0n) is 4.75. The summed E-state index contributed by atoms with van der Waals surface area (Å²) in [5, 5.41) is 22.9. The highest BCUT2D eigenvalue weighted by Gasteiger charge is 1.90. The number of oxime groups is 1. The zero-order chi connectivity index (χ0) is 6.57. The second-order valence-electron chi connectivity index (χ2n) is 1.36. The summed E-state index contributed by atoms with van der Waals surface area (Å²) in [5.41, 5.74) is 0.451. The van der Waals surface area contributed by atoms with Crippen molar-refractivity contribution in [1.29, 1.82) is 0 Å². The van der Waals surface area contributed by atoms with E-state index < -0.39 is 0 Å². The molecule has 0 aliphatic heterocycles. The maximum Gasteiger partial charge on any atom is 0.0967 e. The van der Waals surface area contributed by atoms with Crippen molar-refractivity contribution in [2.24, 2.45) is 10.3 Å². The molecule has 0 amide bonds. The van der Waals surface area contributed by atoms with E-state index in [1.54, 1.807) is 0 Å². The van der Waals surface area contributed by atoms with Gasteiger partial charge < -0.3 is 15.6 Å². The summed E-state index contributed by atoms with van der Waals surface area (Å²) in [6.07, 6.45) is 0. The summed E-state index contributed by atoms with van der Waals surface area (Å²) in [6.45, 7) is 2.97. The summed E-state index contributed by atoms with van der Waals surface area (Å²) >= 11 is 0. The van der Waals surface area contributed by atoms with Crippen molar-refractivity contribution in [3.63, 3.8) is 0 Å². The van der Waals surface area contributed by atoms with Gasteiger partial charge in [-0.15, -0.1) is 0 Å². The fraction of sp³-hybridized carbons (Fsp3) is 0.500. The highest BCUT2D eigenvalue weighted by Crippen LogP contribution is 1.80. The Labute approximate surface area is 47.1 Å². The molecular weight excluding hydrogens is 108 g/mol. The molecule has 0 unspecified atom stereocenters. The van der Waals surface area contributed by atoms with Crippen molar-refractivity contribution in [2.75, 3.05) is 0 Å². The van der Waals surface area contributed by atoms with E-state index in [0.717, 1.165) is 0 Å². The molecule has 0 heterocycles. The maximum absolute atomic E-state index is 9.63. The topological polar surface area (TPSA) is 68.0 Å². The molecule has 0 rings (SSSR count). The molecule has 0 aromatic rings. The molecule has 46 valence electrons. The van der Waals surface area contributed by atoms with E-state index in [4.69, 9.17) is 5.21 Å². The summed E-state index contributed by atoms with van der Waals surface area (Å²) in [5.74, 6) is 0. The normalized spacial score (nSPS) is 14.2. The molecule has 0 aliphatic rings. The minimum Gasteiger partial charge on any atom is -0.792 e. The van der Waals surface area contributed by atoms with Crippen LogP contribution >= 0.6 is 0 Å². The second-order valence-corrected chi connectivity index (χ2v) is 1.36. The Morgan fingerprint density at radius 3 is 2.00 bits per heavy atom. The van der Waals surface area contributed by atoms with Crippen molar-refractivity contribution >= 4 is 11.4 Å². The maximum atomic E-state index is 9.63. The van der Waals surface area contributed by atoms with Gasteiger partial charge in [0.2, 0.25) is 0 Å². The van der Waals surface area contributed by atoms with Crippen LogP contribution in [-0.2, 0) is 0 Å². The molecule has 4 heteroatoms. The van der Waals surface area contributed by atoms with Crippen molar-refractivity contribution in [3.05, 3.63) is 5.21 Å². The van der Waals surface area contributed by atoms with Gasteiger partial charge in [-0.05, 0) is 13.8 Å². The average molecular weight is 115 g/mol. The molecule has 0 aromatic heterocycles. The Balaban J connectivity index is 4.04. The molecule has 0 saturated heterocycles. The van der Waals surface area contributed by atoms with Crippen LogP contribution in [0.3, 0.4) is 0 Å². The highest BCUT2D eigenvalue weighted by atomic mass is 16.4. The first-order valence-corrected chi connectivity index (χ1v) is 2.08. The third kappa shape index (κ3) is 1.59. The third-order valence-corrected chi connectivity index (χ3v) is 0.811. The molecule has 0 aromatic carbocycles. The standard InChI is InChI=1S/C4H8N2O2/c1-3(5-7)4(2)6-8/h7-8H,1-2H3/p-1/b5-3+,6-4+. The molecule has 8 heavy (non-hydrogen) atoms. The Hall–Kier alpha value is -1.06. The first-order chi connectivity index (χ1) is 3.72. The molecule has 0 spiro atoms. The Morgan fingerprint density at radius 2 is 1.88 bits per heavy atom. The molecule has 4 nitrogen and oxygen atoms in total. The van der Waals surface area contributed by atoms with Crippen LogP contribution in [0.1, 0.15) is 13.8 Å². The highest BCUT2D eigenvalue weighted by molar-refractivity contribution is 6.40. The number of rotatable bonds is 1. The van der Waals surface area contributed by atoms with Crippen LogP contribution in [0.5, 0.6) is 0 Å². The predicted octanol–water partition coefficient (Wildman–Crippen LogP) is 0.795. The quantitative estimate of drug-likeness (QED) is 0.312. The fourth-order valence-corrected chi connectivity index (χ4v) is 0.138. The number of hydrogen-bond acceptors (Lipinski definition) is 4. The Bertz CT molecular complexity index is 112. The van der Waals surface area contributed by atoms with Crippen LogP contribution in [0.25, 0.3) is 0 Å². The van der Waals surface area contributed by atoms with E-state index >= 15 is 0 Å². The summed E-state index contributed by atoms with van der Waals surface area (Å²) < 4.78 is 0. The number of nitrogens with zero attached hydrogens (tertiary/aromatic N) is 2. The third-order valence-electron chi connectivity index (χ3n) is 0.811. The number of hydrogen-bond donors (Lipinski definition) is 1. The van der Waals surface area contributed by atoms with Crippen molar-refractivity contribution in [1.82, 2.24) is 0 Å². The van der Waals surface area contributed by atoms with E-state index in [-0.39, 0.29) is 11.4 Å². The molecule has 1 N–H and O–H groups in total. The molecule has 0 saturated carbocycles. The van der Waals surface area contributed by atoms with Gasteiger partial charge in [-0.25, -0.2) is 0 Å². The van der Waals surface area contributed by atoms with Gasteiger partial charge in [-0.1, -0.05) is 5.16 Å². The molecule has 0 atom stereocenters. The van der Waals surface area contributed by atoms with E-state index in [1.807, 2.05) is 0 Å². The van der Waals surface area contributed by atoms with Crippen LogP contribution in [0.15, 0.2) is 10.3 Å². The van der Waals surface area contributed by atoms with Crippen LogP contribution in [-0.4, -0.2) is 16.6 Å². The van der Waals surface area contributed by atoms with E-state index in [1.165, 1.54) is 13.8 Å². The molecule has 0 radical (unpaired) electrons. The van der Waals surface area contributed by atoms with Crippen molar-refractivity contribution in [3.8, 4) is 0 Å². The van der Waals surface area contributed by atoms with Gasteiger partial charge in [0, 0.05) is 0 Å². The average Bonchev–Trinajstić information content (AvgIpc) is 1.84. The Kier molecular flexibility index (Phi) is 2.61. The van der Waals surface area contributed by atoms with Gasteiger partial charge in [-0.2, -0.15) is 0 Å². The lowest BCUT2D eigenvalue weighted by Crippen LogP contribution is -2.03. The van der Waals surface area contributed by atoms with Gasteiger partial charge >= 0.3 is 0 Å². The molecule has 0 bridgehead atoms. The van der Waals surface area contributed by atoms with Crippen molar-refractivity contribution < 1.29 is 5.21 Å². The van der Waals surface area contributed by atoms with Crippen LogP contribution < -0.4 is 0 Å². The van der Waals surface area contributed by atoms with Crippen LogP contribution in [0.2, 0.25) is 0 Å². The lowest BCUT2D eigenvalue weighted by molar-refractivity contribution is 0.320. The van der Waals surface area contributed by atoms with Crippen LogP contribution in [0, 0.1) is 5.21 Å². The summed E-state index contributed by atoms with van der Waals surface area (Å²) in [6, 6.07) is 0. The monoisotopic (exact) mass is 115 g/mol. The summed E-state index contributed by atoms with van der Waals surface area (Å²) in [7, 11) is 0. The van der Waals surface area contributed by atoms with Gasteiger partial charge in [-0.3, -0.25) is 0 Å². The Morgan fingerprint density at radius 1 is 1.38 bits per heavy atom. The second kappa shape index (κ2) is 3.01. The summed E-state index contributed by atoms with van der Waals surface area (Å²) in [4.78, 5) is 0. The minimum absolute atomic E-state index is 0.201. The zero-order valence-corrected chi connectivity index (χ0v) is 4.75. The van der Waals surface area contributed by atoms with E-state index in [9.17, 15) is 5.21 Å². The lowest BCUT2D eigenvalue weighted by Gasteiger charge is -1.97. The first kappa shape index (κ1) is 6.94. The van der Waals surface area contributed by atoms with E-state index in [2.05, 4.69) is 10.3 Å².